The lowest BCUT2D eigenvalue weighted by Gasteiger charge is -2.31. The molecule has 1 aromatic carbocycles. The fraction of sp³-hybridized carbons (Fsp3) is 0.500. The van der Waals surface area contributed by atoms with E-state index in [0.717, 1.165) is 32.6 Å². The number of nitrogens with zero attached hydrogens (tertiary/aromatic N) is 1. The number of amides is 1. The summed E-state index contributed by atoms with van der Waals surface area (Å²) in [6, 6.07) is 6.82. The molecule has 0 aromatic heterocycles. The maximum Gasteiger partial charge on any atom is 0.254 e. The van der Waals surface area contributed by atoms with E-state index in [1.807, 2.05) is 4.90 Å². The second kappa shape index (κ2) is 4.61. The Bertz CT molecular complexity index is 443. The summed E-state index contributed by atoms with van der Waals surface area (Å²) in [5.41, 5.74) is 0.653. The van der Waals surface area contributed by atoms with Gasteiger partial charge in [0.2, 0.25) is 0 Å². The Balaban J connectivity index is 1.78. The van der Waals surface area contributed by atoms with Gasteiger partial charge in [-0.3, -0.25) is 4.79 Å². The van der Waals surface area contributed by atoms with Crippen LogP contribution in [0.25, 0.3) is 0 Å². The average molecular weight is 247 g/mol. The van der Waals surface area contributed by atoms with Gasteiger partial charge in [0.25, 0.3) is 5.91 Å². The van der Waals surface area contributed by atoms with E-state index in [9.17, 15) is 9.90 Å². The van der Waals surface area contributed by atoms with Gasteiger partial charge in [-0.15, -0.1) is 0 Å². The molecule has 1 aromatic rings. The van der Waals surface area contributed by atoms with E-state index in [4.69, 9.17) is 4.74 Å². The van der Waals surface area contributed by atoms with E-state index >= 15 is 0 Å². The molecule has 0 spiro atoms. The van der Waals surface area contributed by atoms with Crippen LogP contribution in [0.2, 0.25) is 0 Å². The zero-order chi connectivity index (χ0) is 12.5. The number of rotatable bonds is 1. The molecule has 2 saturated heterocycles. The van der Waals surface area contributed by atoms with Crippen molar-refractivity contribution in [2.24, 2.45) is 5.92 Å². The number of hydrogen-bond donors (Lipinski definition) is 1. The third-order valence-electron chi connectivity index (χ3n) is 3.95. The Kier molecular flexibility index (Phi) is 2.96. The zero-order valence-corrected chi connectivity index (χ0v) is 10.2. The molecule has 96 valence electrons. The Hall–Kier alpha value is -1.55. The predicted octanol–water partition coefficient (Wildman–Crippen LogP) is 1.64. The van der Waals surface area contributed by atoms with Crippen molar-refractivity contribution in [3.05, 3.63) is 29.8 Å². The van der Waals surface area contributed by atoms with Gasteiger partial charge in [0.05, 0.1) is 6.61 Å². The van der Waals surface area contributed by atoms with Crippen LogP contribution in [0.3, 0.4) is 0 Å². The second-order valence-electron chi connectivity index (χ2n) is 5.03. The van der Waals surface area contributed by atoms with Crippen LogP contribution in [0.15, 0.2) is 24.3 Å². The first-order valence-corrected chi connectivity index (χ1v) is 6.43. The molecule has 3 rings (SSSR count). The van der Waals surface area contributed by atoms with Gasteiger partial charge in [-0.25, -0.2) is 0 Å². The van der Waals surface area contributed by atoms with Gasteiger partial charge in [0.1, 0.15) is 5.75 Å². The first-order chi connectivity index (χ1) is 8.75. The number of carbonyl (C=O) groups is 1. The van der Waals surface area contributed by atoms with Crippen LogP contribution in [0, 0.1) is 5.92 Å². The summed E-state index contributed by atoms with van der Waals surface area (Å²) in [6.07, 6.45) is 1.98. The van der Waals surface area contributed by atoms with Crippen LogP contribution in [0.1, 0.15) is 23.2 Å². The molecule has 18 heavy (non-hydrogen) atoms. The highest BCUT2D eigenvalue weighted by Crippen LogP contribution is 2.31. The summed E-state index contributed by atoms with van der Waals surface area (Å²) in [4.78, 5) is 14.4. The van der Waals surface area contributed by atoms with Crippen LogP contribution in [0.5, 0.6) is 5.75 Å². The molecule has 0 saturated carbocycles. The van der Waals surface area contributed by atoms with Crippen LogP contribution >= 0.6 is 0 Å². The largest absolute Gasteiger partial charge is 0.508 e. The molecule has 2 aliphatic rings. The molecular formula is C14H17NO3. The highest BCUT2D eigenvalue weighted by molar-refractivity contribution is 5.94. The lowest BCUT2D eigenvalue weighted by atomic mass is 9.96. The summed E-state index contributed by atoms with van der Waals surface area (Å²) in [5.74, 6) is 0.765. The van der Waals surface area contributed by atoms with Crippen molar-refractivity contribution < 1.29 is 14.6 Å². The van der Waals surface area contributed by atoms with Gasteiger partial charge in [-0.05, 0) is 37.1 Å². The van der Waals surface area contributed by atoms with Gasteiger partial charge in [0, 0.05) is 30.7 Å². The van der Waals surface area contributed by atoms with Crippen LogP contribution in [0.4, 0.5) is 0 Å². The Labute approximate surface area is 106 Å². The molecule has 4 nitrogen and oxygen atoms in total. The summed E-state index contributed by atoms with van der Waals surface area (Å²) >= 11 is 0. The highest BCUT2D eigenvalue weighted by atomic mass is 16.5. The molecule has 2 atom stereocenters. The number of aromatic hydroxyl groups is 1. The molecular weight excluding hydrogens is 230 g/mol. The molecule has 1 amide bonds. The number of ether oxygens (including phenoxy) is 1. The maximum atomic E-state index is 12.4. The Morgan fingerprint density at radius 3 is 2.83 bits per heavy atom. The molecule has 2 heterocycles. The van der Waals surface area contributed by atoms with Gasteiger partial charge >= 0.3 is 0 Å². The topological polar surface area (TPSA) is 49.8 Å². The summed E-state index contributed by atoms with van der Waals surface area (Å²) in [6.45, 7) is 2.35. The summed E-state index contributed by atoms with van der Waals surface area (Å²) < 4.78 is 5.46. The smallest absolute Gasteiger partial charge is 0.254 e. The summed E-state index contributed by atoms with van der Waals surface area (Å²) in [5, 5.41) is 9.25. The third-order valence-corrected chi connectivity index (χ3v) is 3.95. The Morgan fingerprint density at radius 1 is 1.28 bits per heavy atom. The molecule has 2 fully saturated rings. The SMILES string of the molecule is O=C(c1ccc(O)cc1)N1CCC2COCCC21. The predicted molar refractivity (Wildman–Crippen MR) is 66.5 cm³/mol. The lowest BCUT2D eigenvalue weighted by Crippen LogP contribution is -2.41. The first-order valence-electron chi connectivity index (χ1n) is 6.43. The molecule has 2 unspecified atom stereocenters. The first kappa shape index (κ1) is 11.5. The number of phenols is 1. The summed E-state index contributed by atoms with van der Waals surface area (Å²) in [7, 11) is 0. The normalized spacial score (nSPS) is 27.0. The van der Waals surface area contributed by atoms with Crippen molar-refractivity contribution in [1.82, 2.24) is 4.90 Å². The molecule has 0 bridgehead atoms. The van der Waals surface area contributed by atoms with E-state index in [1.54, 1.807) is 24.3 Å². The van der Waals surface area contributed by atoms with Gasteiger partial charge < -0.3 is 14.7 Å². The number of fused-ring (bicyclic) bond motifs is 1. The van der Waals surface area contributed by atoms with Gasteiger partial charge in [-0.2, -0.15) is 0 Å². The lowest BCUT2D eigenvalue weighted by molar-refractivity contribution is 0.0214. The van der Waals surface area contributed by atoms with Gasteiger partial charge in [0.15, 0.2) is 0 Å². The number of benzene rings is 1. The number of phenolic OH excluding ortho intramolecular Hbond substituents is 1. The monoisotopic (exact) mass is 247 g/mol. The standard InChI is InChI=1S/C14H17NO3/c16-12-3-1-10(2-4-12)14(17)15-7-5-11-9-18-8-6-13(11)15/h1-4,11,13,16H,5-9H2. The third kappa shape index (κ3) is 1.97. The van der Waals surface area contributed by atoms with E-state index in [-0.39, 0.29) is 11.7 Å². The minimum atomic E-state index is 0.0735. The molecule has 1 N–H and O–H groups in total. The van der Waals surface area contributed by atoms with Crippen molar-refractivity contribution in [2.75, 3.05) is 19.8 Å². The number of carbonyl (C=O) groups excluding carboxylic acids is 1. The van der Waals surface area contributed by atoms with Crippen LogP contribution in [-0.2, 0) is 4.74 Å². The highest BCUT2D eigenvalue weighted by Gasteiger charge is 2.38. The maximum absolute atomic E-state index is 12.4. The van der Waals surface area contributed by atoms with Crippen molar-refractivity contribution in [1.29, 1.82) is 0 Å². The van der Waals surface area contributed by atoms with E-state index in [0.29, 0.717) is 17.5 Å². The fourth-order valence-electron chi connectivity index (χ4n) is 2.96. The van der Waals surface area contributed by atoms with Crippen LogP contribution in [-0.4, -0.2) is 41.7 Å². The second-order valence-corrected chi connectivity index (χ2v) is 5.03. The van der Waals surface area contributed by atoms with E-state index in [1.165, 1.54) is 0 Å². The quantitative estimate of drug-likeness (QED) is 0.820. The number of likely N-dealkylation sites (tertiary alicyclic amines) is 1. The molecule has 0 aliphatic carbocycles. The van der Waals surface area contributed by atoms with E-state index < -0.39 is 0 Å². The number of hydrogen-bond acceptors (Lipinski definition) is 3. The van der Waals surface area contributed by atoms with Gasteiger partial charge in [-0.1, -0.05) is 0 Å². The Morgan fingerprint density at radius 2 is 2.06 bits per heavy atom. The van der Waals surface area contributed by atoms with E-state index in [2.05, 4.69) is 0 Å². The van der Waals surface area contributed by atoms with Crippen molar-refractivity contribution in [2.45, 2.75) is 18.9 Å². The minimum absolute atomic E-state index is 0.0735. The fourth-order valence-corrected chi connectivity index (χ4v) is 2.96. The molecule has 4 heteroatoms. The zero-order valence-electron chi connectivity index (χ0n) is 10.2. The molecule has 0 radical (unpaired) electrons. The van der Waals surface area contributed by atoms with Crippen molar-refractivity contribution >= 4 is 5.91 Å². The average Bonchev–Trinajstić information content (AvgIpc) is 2.82. The minimum Gasteiger partial charge on any atom is -0.508 e. The van der Waals surface area contributed by atoms with Crippen molar-refractivity contribution in [3.63, 3.8) is 0 Å². The van der Waals surface area contributed by atoms with Crippen LogP contribution < -0.4 is 0 Å². The van der Waals surface area contributed by atoms with Crippen molar-refractivity contribution in [3.8, 4) is 5.75 Å². The molecule has 2 aliphatic heterocycles.